The highest BCUT2D eigenvalue weighted by atomic mass is 15.1. The minimum atomic E-state index is 0.900. The van der Waals surface area contributed by atoms with Gasteiger partial charge in [-0.3, -0.25) is 0 Å². The maximum absolute atomic E-state index is 4.80. The van der Waals surface area contributed by atoms with E-state index in [1.165, 1.54) is 28.0 Å². The van der Waals surface area contributed by atoms with Crippen molar-refractivity contribution in [1.82, 2.24) is 9.55 Å². The average Bonchev–Trinajstić information content (AvgIpc) is 2.81. The van der Waals surface area contributed by atoms with Gasteiger partial charge in [-0.1, -0.05) is 37.3 Å². The molecule has 0 saturated carbocycles. The summed E-state index contributed by atoms with van der Waals surface area (Å²) in [7, 11) is 0. The number of para-hydroxylation sites is 2. The Morgan fingerprint density at radius 1 is 1.00 bits per heavy atom. The summed E-state index contributed by atoms with van der Waals surface area (Å²) in [5, 5.41) is 0. The first-order valence-corrected chi connectivity index (χ1v) is 7.69. The summed E-state index contributed by atoms with van der Waals surface area (Å²) in [6, 6.07) is 15.2. The van der Waals surface area contributed by atoms with Gasteiger partial charge in [-0.05, 0) is 49.1 Å². The van der Waals surface area contributed by atoms with Crippen molar-refractivity contribution >= 4 is 11.0 Å². The van der Waals surface area contributed by atoms with Crippen molar-refractivity contribution in [3.8, 4) is 0 Å². The Bertz CT molecular complexity index is 768. The van der Waals surface area contributed by atoms with Gasteiger partial charge in [0.15, 0.2) is 0 Å². The molecule has 0 atom stereocenters. The number of nitrogens with zero attached hydrogens (tertiary/aromatic N) is 2. The van der Waals surface area contributed by atoms with Crippen LogP contribution >= 0.6 is 0 Å². The molecule has 0 fully saturated rings. The number of benzene rings is 2. The number of aromatic nitrogens is 2. The lowest BCUT2D eigenvalue weighted by atomic mass is 10.1. The van der Waals surface area contributed by atoms with Gasteiger partial charge in [-0.25, -0.2) is 4.98 Å². The molecular weight excluding hydrogens is 256 g/mol. The van der Waals surface area contributed by atoms with E-state index in [1.54, 1.807) is 0 Å². The van der Waals surface area contributed by atoms with Gasteiger partial charge in [0.05, 0.1) is 11.0 Å². The van der Waals surface area contributed by atoms with Crippen LogP contribution in [0.15, 0.2) is 42.5 Å². The van der Waals surface area contributed by atoms with E-state index in [1.807, 2.05) is 0 Å². The minimum Gasteiger partial charge on any atom is -0.323 e. The molecule has 0 unspecified atom stereocenters. The summed E-state index contributed by atoms with van der Waals surface area (Å²) in [6.07, 6.45) is 2.15. The molecule has 21 heavy (non-hydrogen) atoms. The van der Waals surface area contributed by atoms with Gasteiger partial charge in [0, 0.05) is 13.0 Å². The van der Waals surface area contributed by atoms with Crippen LogP contribution in [0.25, 0.3) is 11.0 Å². The first-order chi connectivity index (χ1) is 10.2. The number of aryl methyl sites for hydroxylation is 3. The lowest BCUT2D eigenvalue weighted by Crippen LogP contribution is -2.05. The van der Waals surface area contributed by atoms with Crippen LogP contribution in [-0.4, -0.2) is 9.55 Å². The Kier molecular flexibility index (Phi) is 3.78. The van der Waals surface area contributed by atoms with Gasteiger partial charge in [0.1, 0.15) is 5.82 Å². The standard InChI is InChI=1S/C19H22N2/c1-4-7-19-20-17-8-5-6-9-18(17)21(19)13-16-11-10-14(2)15(3)12-16/h5-6,8-12H,4,7,13H2,1-3H3. The molecule has 0 aliphatic carbocycles. The molecule has 2 aromatic carbocycles. The number of hydrogen-bond acceptors (Lipinski definition) is 1. The molecule has 3 aromatic rings. The predicted octanol–water partition coefficient (Wildman–Crippen LogP) is 4.65. The van der Waals surface area contributed by atoms with Gasteiger partial charge >= 0.3 is 0 Å². The quantitative estimate of drug-likeness (QED) is 0.679. The minimum absolute atomic E-state index is 0.900. The summed E-state index contributed by atoms with van der Waals surface area (Å²) < 4.78 is 2.36. The van der Waals surface area contributed by atoms with Crippen molar-refractivity contribution in [2.75, 3.05) is 0 Å². The van der Waals surface area contributed by atoms with Crippen LogP contribution in [-0.2, 0) is 13.0 Å². The van der Waals surface area contributed by atoms with Crippen LogP contribution in [0.4, 0.5) is 0 Å². The molecule has 0 aliphatic rings. The van der Waals surface area contributed by atoms with E-state index in [2.05, 4.69) is 67.8 Å². The van der Waals surface area contributed by atoms with E-state index in [0.29, 0.717) is 0 Å². The lowest BCUT2D eigenvalue weighted by Gasteiger charge is -2.10. The van der Waals surface area contributed by atoms with Crippen LogP contribution in [0.3, 0.4) is 0 Å². The third-order valence-electron chi connectivity index (χ3n) is 4.12. The van der Waals surface area contributed by atoms with Crippen molar-refractivity contribution in [3.05, 3.63) is 65.0 Å². The zero-order chi connectivity index (χ0) is 14.8. The highest BCUT2D eigenvalue weighted by Crippen LogP contribution is 2.20. The monoisotopic (exact) mass is 278 g/mol. The number of fused-ring (bicyclic) bond motifs is 1. The molecule has 0 N–H and O–H groups in total. The van der Waals surface area contributed by atoms with E-state index in [4.69, 9.17) is 4.98 Å². The molecule has 0 saturated heterocycles. The van der Waals surface area contributed by atoms with Crippen LogP contribution in [0.1, 0.15) is 35.9 Å². The molecule has 1 heterocycles. The van der Waals surface area contributed by atoms with Crippen molar-refractivity contribution in [3.63, 3.8) is 0 Å². The highest BCUT2D eigenvalue weighted by Gasteiger charge is 2.10. The average molecular weight is 278 g/mol. The molecule has 0 spiro atoms. The second-order valence-electron chi connectivity index (χ2n) is 5.77. The fourth-order valence-electron chi connectivity index (χ4n) is 2.80. The summed E-state index contributed by atoms with van der Waals surface area (Å²) in [5.74, 6) is 1.19. The molecule has 2 heteroatoms. The highest BCUT2D eigenvalue weighted by molar-refractivity contribution is 5.76. The van der Waals surface area contributed by atoms with E-state index in [0.717, 1.165) is 24.9 Å². The Balaban J connectivity index is 2.05. The smallest absolute Gasteiger partial charge is 0.110 e. The second kappa shape index (κ2) is 5.72. The maximum Gasteiger partial charge on any atom is 0.110 e. The zero-order valence-corrected chi connectivity index (χ0v) is 13.1. The second-order valence-corrected chi connectivity index (χ2v) is 5.77. The number of hydrogen-bond donors (Lipinski definition) is 0. The normalized spacial score (nSPS) is 11.2. The first-order valence-electron chi connectivity index (χ1n) is 7.69. The summed E-state index contributed by atoms with van der Waals surface area (Å²) in [6.45, 7) is 7.45. The van der Waals surface area contributed by atoms with Crippen LogP contribution < -0.4 is 0 Å². The maximum atomic E-state index is 4.80. The Morgan fingerprint density at radius 3 is 2.57 bits per heavy atom. The van der Waals surface area contributed by atoms with Crippen molar-refractivity contribution in [2.24, 2.45) is 0 Å². The third kappa shape index (κ3) is 2.71. The number of rotatable bonds is 4. The Hall–Kier alpha value is -2.09. The van der Waals surface area contributed by atoms with Crippen LogP contribution in [0.2, 0.25) is 0 Å². The first kappa shape index (κ1) is 13.9. The molecule has 108 valence electrons. The van der Waals surface area contributed by atoms with Crippen LogP contribution in [0, 0.1) is 13.8 Å². The zero-order valence-electron chi connectivity index (χ0n) is 13.1. The van der Waals surface area contributed by atoms with Gasteiger partial charge in [-0.2, -0.15) is 0 Å². The summed E-state index contributed by atoms with van der Waals surface area (Å²) in [4.78, 5) is 4.80. The molecule has 1 aromatic heterocycles. The largest absolute Gasteiger partial charge is 0.323 e. The van der Waals surface area contributed by atoms with Gasteiger partial charge in [-0.15, -0.1) is 0 Å². The molecular formula is C19H22N2. The van der Waals surface area contributed by atoms with E-state index in [9.17, 15) is 0 Å². The van der Waals surface area contributed by atoms with Gasteiger partial charge in [0.2, 0.25) is 0 Å². The van der Waals surface area contributed by atoms with Crippen molar-refractivity contribution in [2.45, 2.75) is 40.2 Å². The topological polar surface area (TPSA) is 17.8 Å². The number of imidazole rings is 1. The van der Waals surface area contributed by atoms with E-state index >= 15 is 0 Å². The van der Waals surface area contributed by atoms with Crippen LogP contribution in [0.5, 0.6) is 0 Å². The third-order valence-corrected chi connectivity index (χ3v) is 4.12. The molecule has 0 aliphatic heterocycles. The van der Waals surface area contributed by atoms with Crippen molar-refractivity contribution < 1.29 is 0 Å². The summed E-state index contributed by atoms with van der Waals surface area (Å²) >= 11 is 0. The SMILES string of the molecule is CCCc1nc2ccccc2n1Cc1ccc(C)c(C)c1. The molecule has 0 bridgehead atoms. The van der Waals surface area contributed by atoms with Gasteiger partial charge in [0.25, 0.3) is 0 Å². The lowest BCUT2D eigenvalue weighted by molar-refractivity contribution is 0.721. The molecule has 0 radical (unpaired) electrons. The molecule has 3 rings (SSSR count). The van der Waals surface area contributed by atoms with Gasteiger partial charge < -0.3 is 4.57 Å². The molecule has 2 nitrogen and oxygen atoms in total. The van der Waals surface area contributed by atoms with E-state index < -0.39 is 0 Å². The Morgan fingerprint density at radius 2 is 1.81 bits per heavy atom. The molecule has 0 amide bonds. The van der Waals surface area contributed by atoms with Crippen molar-refractivity contribution in [1.29, 1.82) is 0 Å². The van der Waals surface area contributed by atoms with E-state index in [-0.39, 0.29) is 0 Å². The fraction of sp³-hybridized carbons (Fsp3) is 0.316. The predicted molar refractivity (Wildman–Crippen MR) is 88.7 cm³/mol. The summed E-state index contributed by atoms with van der Waals surface area (Å²) in [5.41, 5.74) is 6.39. The Labute approximate surface area is 126 Å². The fourth-order valence-corrected chi connectivity index (χ4v) is 2.80.